The van der Waals surface area contributed by atoms with E-state index in [1.165, 1.54) is 0 Å². The minimum atomic E-state index is -2.99. The monoisotopic (exact) mass is 152 g/mol. The fourth-order valence-corrected chi connectivity index (χ4v) is 0.464. The van der Waals surface area contributed by atoms with Gasteiger partial charge in [-0.15, -0.1) is 4.79 Å². The standard InChI is InChI=1S/CHN2O3PS/c2-3-1(7-4)8(5)6/h8H. The molecule has 0 aliphatic rings. The molecule has 0 bridgehead atoms. The van der Waals surface area contributed by atoms with Crippen LogP contribution in [-0.2, 0) is 15.3 Å². The molecule has 7 heteroatoms. The molecule has 0 saturated carbocycles. The Bertz CT molecular complexity index is 205. The summed E-state index contributed by atoms with van der Waals surface area (Å²) in [4.78, 5) is 1.44. The quantitative estimate of drug-likeness (QED) is 0.137. The maximum Gasteiger partial charge on any atom is 0.466 e. The van der Waals surface area contributed by atoms with Gasteiger partial charge in [0.05, 0.1) is 0 Å². The van der Waals surface area contributed by atoms with Crippen LogP contribution in [0.25, 0.3) is 5.53 Å². The fourth-order valence-electron chi connectivity index (χ4n) is 0.0881. The van der Waals surface area contributed by atoms with Crippen LogP contribution in [0, 0.1) is 0 Å². The highest BCUT2D eigenvalue weighted by atomic mass is 32.2. The second-order valence-electron chi connectivity index (χ2n) is 0.748. The average molecular weight is 152 g/mol. The average Bonchev–Trinajstić information content (AvgIpc) is 1.69. The van der Waals surface area contributed by atoms with E-state index in [0.29, 0.717) is 0 Å². The molecule has 0 aliphatic carbocycles. The molecule has 0 amide bonds. The van der Waals surface area contributed by atoms with Crippen molar-refractivity contribution in [3.63, 3.8) is 0 Å². The molecule has 0 aromatic carbocycles. The fraction of sp³-hybridized carbons (Fsp3) is 0. The SMILES string of the molecule is [N-]=[N+]=C(P=O)[SH](=O)=O. The summed E-state index contributed by atoms with van der Waals surface area (Å²) in [5.74, 6) is 0. The molecule has 0 spiro atoms. The maximum atomic E-state index is 9.70. The van der Waals surface area contributed by atoms with Gasteiger partial charge >= 0.3 is 4.78 Å². The Kier molecular flexibility index (Phi) is 3.19. The summed E-state index contributed by atoms with van der Waals surface area (Å²) >= 11 is 0. The number of hydrogen-bond donors (Lipinski definition) is 1. The van der Waals surface area contributed by atoms with Gasteiger partial charge in [0.25, 0.3) is 19.2 Å². The van der Waals surface area contributed by atoms with Crippen LogP contribution in [0.2, 0.25) is 0 Å². The summed E-state index contributed by atoms with van der Waals surface area (Å²) in [7, 11) is -3.78. The Labute approximate surface area is 48.1 Å². The lowest BCUT2D eigenvalue weighted by atomic mass is 11.7. The van der Waals surface area contributed by atoms with E-state index < -0.39 is 23.9 Å². The van der Waals surface area contributed by atoms with Crippen LogP contribution in [0.1, 0.15) is 0 Å². The van der Waals surface area contributed by atoms with Gasteiger partial charge in [0.1, 0.15) is 0 Å². The second-order valence-corrected chi connectivity index (χ2v) is 2.65. The molecular weight excluding hydrogens is 151 g/mol. The van der Waals surface area contributed by atoms with E-state index in [9.17, 15) is 13.0 Å². The molecule has 0 fully saturated rings. The first-order chi connectivity index (χ1) is 3.72. The van der Waals surface area contributed by atoms with Crippen LogP contribution in [0.4, 0.5) is 0 Å². The van der Waals surface area contributed by atoms with Crippen LogP contribution in [0.15, 0.2) is 0 Å². The third-order valence-electron chi connectivity index (χ3n) is 0.334. The molecule has 0 saturated heterocycles. The van der Waals surface area contributed by atoms with Gasteiger partial charge in [-0.2, -0.15) is 0 Å². The lowest BCUT2D eigenvalue weighted by molar-refractivity contribution is 0.00447. The van der Waals surface area contributed by atoms with E-state index in [0.717, 1.165) is 0 Å². The molecule has 5 nitrogen and oxygen atoms in total. The summed E-state index contributed by atoms with van der Waals surface area (Å²) in [6, 6.07) is 0. The Balaban J connectivity index is 4.64. The normalized spacial score (nSPS) is 9.12. The Morgan fingerprint density at radius 1 is 1.62 bits per heavy atom. The van der Waals surface area contributed by atoms with E-state index in [2.05, 4.69) is 4.79 Å². The zero-order valence-electron chi connectivity index (χ0n) is 3.51. The van der Waals surface area contributed by atoms with Gasteiger partial charge in [-0.3, -0.25) is 4.57 Å². The molecule has 0 radical (unpaired) electrons. The van der Waals surface area contributed by atoms with Gasteiger partial charge in [-0.1, -0.05) is 0 Å². The predicted molar refractivity (Wildman–Crippen MR) is 26.5 cm³/mol. The lowest BCUT2D eigenvalue weighted by Crippen LogP contribution is -1.88. The molecule has 0 unspecified atom stereocenters. The van der Waals surface area contributed by atoms with Crippen molar-refractivity contribution < 1.29 is 17.8 Å². The van der Waals surface area contributed by atoms with E-state index in [4.69, 9.17) is 5.53 Å². The minimum absolute atomic E-state index is 0.764. The number of hydrogen-bond acceptors (Lipinski definition) is 3. The zero-order valence-corrected chi connectivity index (χ0v) is 5.30. The van der Waals surface area contributed by atoms with E-state index in [-0.39, 0.29) is 0 Å². The van der Waals surface area contributed by atoms with Crippen LogP contribution in [-0.4, -0.2) is 18.0 Å². The molecular formula is CHN2O3PS. The summed E-state index contributed by atoms with van der Waals surface area (Å²) in [6.07, 6.45) is 0. The molecule has 44 valence electrons. The van der Waals surface area contributed by atoms with Crippen LogP contribution in [0.5, 0.6) is 0 Å². The third-order valence-corrected chi connectivity index (χ3v) is 1.74. The van der Waals surface area contributed by atoms with E-state index in [1.807, 2.05) is 0 Å². The predicted octanol–water partition coefficient (Wildman–Crippen LogP) is -0.525. The smallest absolute Gasteiger partial charge is 0.359 e. The molecule has 0 N–H and O–H groups in total. The van der Waals surface area contributed by atoms with Gasteiger partial charge in [-0.25, -0.2) is 8.42 Å². The van der Waals surface area contributed by atoms with Gasteiger partial charge in [0.2, 0.25) is 0 Å². The van der Waals surface area contributed by atoms with E-state index >= 15 is 0 Å². The summed E-state index contributed by atoms with van der Waals surface area (Å²) in [6.45, 7) is 0. The van der Waals surface area contributed by atoms with Gasteiger partial charge in [0.15, 0.2) is 0 Å². The van der Waals surface area contributed by atoms with Crippen LogP contribution in [0.3, 0.4) is 0 Å². The van der Waals surface area contributed by atoms with Crippen molar-refractivity contribution in [3.8, 4) is 0 Å². The minimum Gasteiger partial charge on any atom is -0.359 e. The first kappa shape index (κ1) is 7.43. The highest BCUT2D eigenvalue weighted by Crippen LogP contribution is 1.91. The van der Waals surface area contributed by atoms with Crippen molar-refractivity contribution in [2.75, 3.05) is 0 Å². The first-order valence-electron chi connectivity index (χ1n) is 1.42. The molecule has 0 atom stereocenters. The van der Waals surface area contributed by atoms with E-state index in [1.54, 1.807) is 0 Å². The highest BCUT2D eigenvalue weighted by molar-refractivity contribution is 8.01. The van der Waals surface area contributed by atoms with Crippen molar-refractivity contribution in [3.05, 3.63) is 5.53 Å². The number of thiol groups is 1. The number of rotatable bonds is 1. The van der Waals surface area contributed by atoms with Crippen molar-refractivity contribution in [1.82, 2.24) is 0 Å². The Morgan fingerprint density at radius 3 is 2.12 bits per heavy atom. The van der Waals surface area contributed by atoms with Crippen molar-refractivity contribution in [2.24, 2.45) is 0 Å². The molecule has 0 heterocycles. The summed E-state index contributed by atoms with van der Waals surface area (Å²) in [5.41, 5.74) is 7.69. The second kappa shape index (κ2) is 3.43. The summed E-state index contributed by atoms with van der Waals surface area (Å²) in [5, 5.41) is 0. The van der Waals surface area contributed by atoms with Crippen molar-refractivity contribution in [1.29, 1.82) is 0 Å². The maximum absolute atomic E-state index is 9.70. The lowest BCUT2D eigenvalue weighted by Gasteiger charge is -1.58. The van der Waals surface area contributed by atoms with Gasteiger partial charge in [-0.05, 0) is 0 Å². The topological polar surface area (TPSA) is 87.6 Å². The third kappa shape index (κ3) is 1.93. The van der Waals surface area contributed by atoms with Crippen LogP contribution < -0.4 is 0 Å². The van der Waals surface area contributed by atoms with Crippen molar-refractivity contribution in [2.45, 2.75) is 0 Å². The van der Waals surface area contributed by atoms with Crippen LogP contribution >= 0.6 is 8.46 Å². The van der Waals surface area contributed by atoms with Gasteiger partial charge < -0.3 is 5.53 Å². The largest absolute Gasteiger partial charge is 0.466 e. The molecule has 0 rings (SSSR count). The summed E-state index contributed by atoms with van der Waals surface area (Å²) < 4.78 is 29.0. The first-order valence-corrected chi connectivity index (χ1v) is 3.41. The van der Waals surface area contributed by atoms with Gasteiger partial charge in [0, 0.05) is 0 Å². The molecule has 0 aromatic rings. The highest BCUT2D eigenvalue weighted by Gasteiger charge is 2.08. The Morgan fingerprint density at radius 2 is 2.12 bits per heavy atom. The zero-order chi connectivity index (χ0) is 6.57. The molecule has 0 aliphatic heterocycles. The van der Waals surface area contributed by atoms with Crippen molar-refractivity contribution >= 4 is 23.9 Å². The Hall–Kier alpha value is -0.570. The molecule has 0 aromatic heterocycles. The number of nitrogens with zero attached hydrogens (tertiary/aromatic N) is 2. The molecule has 8 heavy (non-hydrogen) atoms.